The van der Waals surface area contributed by atoms with Crippen molar-refractivity contribution in [2.24, 2.45) is 0 Å². The number of fused-ring (bicyclic) bond motifs is 2. The summed E-state index contributed by atoms with van der Waals surface area (Å²) in [4.78, 5) is 23.3. The Morgan fingerprint density at radius 3 is 1.79 bits per heavy atom. The van der Waals surface area contributed by atoms with Crippen LogP contribution >= 0.6 is 0 Å². The van der Waals surface area contributed by atoms with E-state index in [-0.39, 0.29) is 39.5 Å². The van der Waals surface area contributed by atoms with E-state index in [1.54, 1.807) is 29.6 Å². The number of pyridine rings is 2. The summed E-state index contributed by atoms with van der Waals surface area (Å²) in [5.41, 5.74) is 2.90. The monoisotopic (exact) mass is 683 g/mol. The Morgan fingerprint density at radius 1 is 0.744 bits per heavy atom. The molecule has 232 valence electrons. The van der Waals surface area contributed by atoms with Crippen molar-refractivity contribution in [1.29, 1.82) is 0 Å². The van der Waals surface area contributed by atoms with E-state index in [2.05, 4.69) is 14.9 Å². The summed E-state index contributed by atoms with van der Waals surface area (Å²) in [7, 11) is 2.64. The van der Waals surface area contributed by atoms with E-state index in [0.717, 1.165) is 5.56 Å². The first kappa shape index (κ1) is 34.6. The number of aromatic hydroxyl groups is 1. The van der Waals surface area contributed by atoms with Crippen molar-refractivity contribution in [1.82, 2.24) is 19.2 Å². The first-order valence-electron chi connectivity index (χ1n) is 12.7. The fraction of sp³-hybridized carbons (Fsp3) is 0.233. The van der Waals surface area contributed by atoms with Crippen LogP contribution in [0.5, 0.6) is 23.3 Å². The van der Waals surface area contributed by atoms with Crippen molar-refractivity contribution in [2.75, 3.05) is 27.4 Å². The number of esters is 2. The van der Waals surface area contributed by atoms with Crippen LogP contribution in [0.3, 0.4) is 0 Å². The average molecular weight is 684 g/mol. The molecule has 0 saturated carbocycles. The van der Waals surface area contributed by atoms with Gasteiger partial charge in [0.25, 0.3) is 11.8 Å². The molecule has 0 aliphatic rings. The zero-order valence-corrected chi connectivity index (χ0v) is 25.9. The molecule has 0 aliphatic heterocycles. The molecule has 13 heteroatoms. The molecule has 0 atom stereocenters. The van der Waals surface area contributed by atoms with Gasteiger partial charge in [0, 0.05) is 20.4 Å². The molecule has 0 bridgehead atoms. The summed E-state index contributed by atoms with van der Waals surface area (Å²) in [6, 6.07) is 16.4. The van der Waals surface area contributed by atoms with E-state index in [1.165, 1.54) is 37.2 Å². The van der Waals surface area contributed by atoms with E-state index in [0.29, 0.717) is 53.6 Å². The zero-order valence-electron chi connectivity index (χ0n) is 24.4. The van der Waals surface area contributed by atoms with Crippen molar-refractivity contribution in [3.05, 3.63) is 91.1 Å². The molecule has 5 aromatic rings. The van der Waals surface area contributed by atoms with Crippen LogP contribution in [0.2, 0.25) is 0 Å². The zero-order chi connectivity index (χ0) is 29.4. The molecule has 5 rings (SSSR count). The van der Waals surface area contributed by atoms with Crippen molar-refractivity contribution in [3.8, 4) is 23.3 Å². The molecular formula is C30H33N4O8Pd-. The summed E-state index contributed by atoms with van der Waals surface area (Å²) < 4.78 is 29.2. The van der Waals surface area contributed by atoms with Crippen LogP contribution < -0.4 is 14.2 Å². The van der Waals surface area contributed by atoms with Gasteiger partial charge in [-0.2, -0.15) is 19.2 Å². The number of hydrogen-bond acceptors (Lipinski definition) is 10. The molecule has 4 aromatic heterocycles. The quantitative estimate of drug-likeness (QED) is 0.132. The molecule has 4 heterocycles. The van der Waals surface area contributed by atoms with Gasteiger partial charge in [-0.05, 0) is 43.7 Å². The Balaban J connectivity index is 0.000000302. The Kier molecular flexibility index (Phi) is 13.0. The van der Waals surface area contributed by atoms with Crippen LogP contribution in [-0.2, 0) is 36.5 Å². The van der Waals surface area contributed by atoms with Gasteiger partial charge in [0.2, 0.25) is 0 Å². The minimum Gasteiger partial charge on any atom is -0.503 e. The summed E-state index contributed by atoms with van der Waals surface area (Å²) in [5.74, 6) is 0.284. The molecule has 1 N–H and O–H groups in total. The fourth-order valence-electron chi connectivity index (χ4n) is 3.95. The number of ether oxygens (including phenoxy) is 5. The van der Waals surface area contributed by atoms with Gasteiger partial charge in [-0.3, -0.25) is 0 Å². The smallest absolute Gasteiger partial charge is 0.341 e. The topological polar surface area (TPSA) is 135 Å². The van der Waals surface area contributed by atoms with E-state index in [4.69, 9.17) is 18.9 Å². The normalized spacial score (nSPS) is 10.0. The van der Waals surface area contributed by atoms with E-state index in [1.807, 2.05) is 37.3 Å². The number of nitrogens with zero attached hydrogens (tertiary/aromatic N) is 4. The number of rotatable bonds is 9. The Labute approximate surface area is 262 Å². The van der Waals surface area contributed by atoms with Gasteiger partial charge in [-0.1, -0.05) is 30.3 Å². The van der Waals surface area contributed by atoms with E-state index >= 15 is 0 Å². The summed E-state index contributed by atoms with van der Waals surface area (Å²) in [6.07, 6.45) is 2.84. The minimum absolute atomic E-state index is 0. The van der Waals surface area contributed by atoms with E-state index in [9.17, 15) is 14.7 Å². The SMILES string of the molecule is CCOc1c(O)ccc2c(C(=O)OC)cnn12.CCOc1c(OCc2ccccc2)ccc2c(C(=O)OC)cnn12.[CH3-].[Pd]. The maximum Gasteiger partial charge on any atom is 0.341 e. The summed E-state index contributed by atoms with van der Waals surface area (Å²) in [6.45, 7) is 4.93. The first-order chi connectivity index (χ1) is 19.9. The van der Waals surface area contributed by atoms with Crippen LogP contribution in [-0.4, -0.2) is 63.7 Å². The number of hydrogen-bond donors (Lipinski definition) is 1. The van der Waals surface area contributed by atoms with Gasteiger partial charge in [0.1, 0.15) is 17.7 Å². The fourth-order valence-corrected chi connectivity index (χ4v) is 3.95. The first-order valence-corrected chi connectivity index (χ1v) is 12.7. The third-order valence-electron chi connectivity index (χ3n) is 5.83. The average Bonchev–Trinajstić information content (AvgIpc) is 3.63. The van der Waals surface area contributed by atoms with Crippen LogP contribution in [0.25, 0.3) is 11.0 Å². The Morgan fingerprint density at radius 2 is 1.26 bits per heavy atom. The second-order valence-corrected chi connectivity index (χ2v) is 8.36. The van der Waals surface area contributed by atoms with Crippen LogP contribution in [0.1, 0.15) is 40.1 Å². The molecular weight excluding hydrogens is 651 g/mol. The molecule has 0 fully saturated rings. The number of aromatic nitrogens is 4. The largest absolute Gasteiger partial charge is 0.503 e. The summed E-state index contributed by atoms with van der Waals surface area (Å²) in [5, 5.41) is 17.9. The molecule has 43 heavy (non-hydrogen) atoms. The molecule has 1 aromatic carbocycles. The van der Waals surface area contributed by atoms with Gasteiger partial charge in [-0.25, -0.2) is 9.59 Å². The number of carbonyl (C=O) groups is 2. The maximum atomic E-state index is 11.8. The number of carbonyl (C=O) groups excluding carboxylic acids is 2. The third kappa shape index (κ3) is 7.63. The number of methoxy groups -OCH3 is 2. The van der Waals surface area contributed by atoms with Gasteiger partial charge >= 0.3 is 11.9 Å². The molecule has 0 unspecified atom stereocenters. The molecule has 12 nitrogen and oxygen atoms in total. The van der Waals surface area contributed by atoms with Gasteiger partial charge in [0.15, 0.2) is 11.5 Å². The Bertz CT molecular complexity index is 1650. The van der Waals surface area contributed by atoms with Crippen LogP contribution in [0.15, 0.2) is 67.0 Å². The molecule has 0 spiro atoms. The minimum atomic E-state index is -0.479. The van der Waals surface area contributed by atoms with Gasteiger partial charge in [0.05, 0.1) is 50.9 Å². The molecule has 0 radical (unpaired) electrons. The second-order valence-electron chi connectivity index (χ2n) is 8.36. The predicted octanol–water partition coefficient (Wildman–Crippen LogP) is 4.77. The molecule has 0 amide bonds. The van der Waals surface area contributed by atoms with Crippen LogP contribution in [0.4, 0.5) is 0 Å². The Hall–Kier alpha value is -4.60. The van der Waals surface area contributed by atoms with Crippen molar-refractivity contribution < 1.29 is 58.8 Å². The van der Waals surface area contributed by atoms with Gasteiger partial charge in [-0.15, -0.1) is 0 Å². The number of benzene rings is 1. The maximum absolute atomic E-state index is 11.8. The third-order valence-corrected chi connectivity index (χ3v) is 5.83. The van der Waals surface area contributed by atoms with Crippen molar-refractivity contribution >= 4 is 23.0 Å². The standard InChI is InChI=1S/C18H18N2O4.C11H12N2O4.CH3.Pd/c1-3-23-17-16(24-12-13-7-5-4-6-8-13)10-9-15-14(18(21)22-2)11-19-20(15)17;1-3-17-10-9(14)5-4-8-7(11(15)16-2)6-12-13(8)10;;/h4-11H,3,12H2,1-2H3;4-6,14H,3H2,1-2H3;1H3;/q;;-1;. The van der Waals surface area contributed by atoms with Crippen molar-refractivity contribution in [2.45, 2.75) is 20.5 Å². The summed E-state index contributed by atoms with van der Waals surface area (Å²) >= 11 is 0. The second kappa shape index (κ2) is 16.1. The predicted molar refractivity (Wildman–Crippen MR) is 154 cm³/mol. The van der Waals surface area contributed by atoms with Crippen molar-refractivity contribution in [3.63, 3.8) is 0 Å². The molecule has 0 aliphatic carbocycles. The molecule has 0 saturated heterocycles. The van der Waals surface area contributed by atoms with Crippen LogP contribution in [0, 0.1) is 7.43 Å². The van der Waals surface area contributed by atoms with Gasteiger partial charge < -0.3 is 36.2 Å². The van der Waals surface area contributed by atoms with E-state index < -0.39 is 11.9 Å².